The van der Waals surface area contributed by atoms with E-state index in [1.54, 1.807) is 11.0 Å². The SMILES string of the molecule is Cc1ccc(NCc2cnn(C)c2C)cc1-n1cnnn1. The Bertz CT molecular complexity index is 743. The number of aromatic nitrogens is 6. The zero-order chi connectivity index (χ0) is 14.8. The van der Waals surface area contributed by atoms with E-state index in [0.717, 1.165) is 29.2 Å². The molecule has 0 saturated heterocycles. The summed E-state index contributed by atoms with van der Waals surface area (Å²) in [6.45, 7) is 4.83. The Morgan fingerprint density at radius 1 is 1.24 bits per heavy atom. The highest BCUT2D eigenvalue weighted by Crippen LogP contribution is 2.19. The molecule has 3 aromatic rings. The lowest BCUT2D eigenvalue weighted by Crippen LogP contribution is -2.04. The molecule has 0 spiro atoms. The Kier molecular flexibility index (Phi) is 3.39. The number of rotatable bonds is 4. The van der Waals surface area contributed by atoms with Crippen molar-refractivity contribution in [3.8, 4) is 5.69 Å². The fraction of sp³-hybridized carbons (Fsp3) is 0.286. The van der Waals surface area contributed by atoms with Gasteiger partial charge in [0, 0.05) is 30.5 Å². The van der Waals surface area contributed by atoms with E-state index in [2.05, 4.69) is 45.0 Å². The second-order valence-corrected chi connectivity index (χ2v) is 4.99. The molecule has 0 bridgehead atoms. The fourth-order valence-corrected chi connectivity index (χ4v) is 2.15. The van der Waals surface area contributed by atoms with E-state index in [-0.39, 0.29) is 0 Å². The molecule has 2 heterocycles. The lowest BCUT2D eigenvalue weighted by Gasteiger charge is -2.10. The first-order valence-corrected chi connectivity index (χ1v) is 6.70. The molecule has 0 radical (unpaired) electrons. The molecular weight excluding hydrogens is 266 g/mol. The topological polar surface area (TPSA) is 73.5 Å². The zero-order valence-corrected chi connectivity index (χ0v) is 12.3. The van der Waals surface area contributed by atoms with Gasteiger partial charge in [-0.15, -0.1) is 5.10 Å². The second-order valence-electron chi connectivity index (χ2n) is 4.99. The second kappa shape index (κ2) is 5.35. The molecule has 0 unspecified atom stereocenters. The van der Waals surface area contributed by atoms with Crippen LogP contribution in [0.1, 0.15) is 16.8 Å². The van der Waals surface area contributed by atoms with E-state index in [4.69, 9.17) is 0 Å². The average molecular weight is 283 g/mol. The first-order chi connectivity index (χ1) is 10.1. The largest absolute Gasteiger partial charge is 0.381 e. The van der Waals surface area contributed by atoms with Crippen molar-refractivity contribution in [3.05, 3.63) is 47.5 Å². The van der Waals surface area contributed by atoms with E-state index >= 15 is 0 Å². The van der Waals surface area contributed by atoms with E-state index in [9.17, 15) is 0 Å². The van der Waals surface area contributed by atoms with Crippen LogP contribution in [0.25, 0.3) is 5.69 Å². The van der Waals surface area contributed by atoms with Crippen molar-refractivity contribution in [2.45, 2.75) is 20.4 Å². The Balaban J connectivity index is 1.80. The van der Waals surface area contributed by atoms with Crippen LogP contribution in [0.15, 0.2) is 30.7 Å². The minimum Gasteiger partial charge on any atom is -0.381 e. The molecule has 0 atom stereocenters. The normalized spacial score (nSPS) is 10.8. The number of anilines is 1. The third-order valence-electron chi connectivity index (χ3n) is 3.62. The van der Waals surface area contributed by atoms with Gasteiger partial charge < -0.3 is 5.32 Å². The maximum absolute atomic E-state index is 4.25. The van der Waals surface area contributed by atoms with Gasteiger partial charge in [-0.1, -0.05) is 6.07 Å². The monoisotopic (exact) mass is 283 g/mol. The minimum absolute atomic E-state index is 0.734. The van der Waals surface area contributed by atoms with Gasteiger partial charge in [0.1, 0.15) is 6.33 Å². The van der Waals surface area contributed by atoms with Gasteiger partial charge in [0.15, 0.2) is 0 Å². The van der Waals surface area contributed by atoms with Gasteiger partial charge >= 0.3 is 0 Å². The molecule has 0 aliphatic carbocycles. The predicted octanol–water partition coefficient (Wildman–Crippen LogP) is 1.62. The lowest BCUT2D eigenvalue weighted by molar-refractivity contribution is 0.738. The smallest absolute Gasteiger partial charge is 0.143 e. The number of hydrogen-bond donors (Lipinski definition) is 1. The highest BCUT2D eigenvalue weighted by Gasteiger charge is 2.06. The van der Waals surface area contributed by atoms with Crippen molar-refractivity contribution in [2.24, 2.45) is 7.05 Å². The fourth-order valence-electron chi connectivity index (χ4n) is 2.15. The van der Waals surface area contributed by atoms with Crippen molar-refractivity contribution in [2.75, 3.05) is 5.32 Å². The highest BCUT2D eigenvalue weighted by molar-refractivity contribution is 5.54. The van der Waals surface area contributed by atoms with E-state index in [1.165, 1.54) is 5.56 Å². The van der Waals surface area contributed by atoms with Crippen molar-refractivity contribution >= 4 is 5.69 Å². The number of aryl methyl sites for hydroxylation is 2. The Hall–Kier alpha value is -2.70. The van der Waals surface area contributed by atoms with Crippen molar-refractivity contribution < 1.29 is 0 Å². The Morgan fingerprint density at radius 2 is 2.10 bits per heavy atom. The van der Waals surface area contributed by atoms with Crippen LogP contribution in [-0.2, 0) is 13.6 Å². The summed E-state index contributed by atoms with van der Waals surface area (Å²) in [5.74, 6) is 0. The van der Waals surface area contributed by atoms with Gasteiger partial charge in [-0.05, 0) is 42.0 Å². The molecule has 0 aliphatic rings. The zero-order valence-electron chi connectivity index (χ0n) is 12.3. The summed E-state index contributed by atoms with van der Waals surface area (Å²) in [7, 11) is 1.94. The summed E-state index contributed by atoms with van der Waals surface area (Å²) in [6, 6.07) is 6.14. The quantitative estimate of drug-likeness (QED) is 0.787. The average Bonchev–Trinajstić information content (AvgIpc) is 3.11. The molecule has 0 saturated carbocycles. The van der Waals surface area contributed by atoms with Gasteiger partial charge in [0.05, 0.1) is 11.9 Å². The maximum atomic E-state index is 4.25. The van der Waals surface area contributed by atoms with Crippen molar-refractivity contribution in [3.63, 3.8) is 0 Å². The molecule has 0 fully saturated rings. The Labute approximate surface area is 122 Å². The summed E-state index contributed by atoms with van der Waals surface area (Å²) < 4.78 is 3.54. The van der Waals surface area contributed by atoms with Crippen molar-refractivity contribution in [1.82, 2.24) is 30.0 Å². The predicted molar refractivity (Wildman–Crippen MR) is 79.2 cm³/mol. The summed E-state index contributed by atoms with van der Waals surface area (Å²) in [5.41, 5.74) is 5.45. The molecule has 0 aliphatic heterocycles. The van der Waals surface area contributed by atoms with Crippen LogP contribution in [0, 0.1) is 13.8 Å². The third kappa shape index (κ3) is 2.62. The number of tetrazole rings is 1. The number of benzene rings is 1. The number of nitrogens with zero attached hydrogens (tertiary/aromatic N) is 6. The molecule has 1 aromatic carbocycles. The first kappa shape index (κ1) is 13.3. The van der Waals surface area contributed by atoms with Crippen LogP contribution < -0.4 is 5.32 Å². The van der Waals surface area contributed by atoms with Gasteiger partial charge in [-0.2, -0.15) is 5.10 Å². The van der Waals surface area contributed by atoms with Crippen molar-refractivity contribution in [1.29, 1.82) is 0 Å². The van der Waals surface area contributed by atoms with Crippen LogP contribution in [0.4, 0.5) is 5.69 Å². The van der Waals surface area contributed by atoms with E-state index < -0.39 is 0 Å². The number of hydrogen-bond acceptors (Lipinski definition) is 5. The van der Waals surface area contributed by atoms with Crippen LogP contribution in [0.2, 0.25) is 0 Å². The highest BCUT2D eigenvalue weighted by atomic mass is 15.5. The van der Waals surface area contributed by atoms with E-state index in [1.807, 2.05) is 30.9 Å². The summed E-state index contributed by atoms with van der Waals surface area (Å²) in [6.07, 6.45) is 3.48. The van der Waals surface area contributed by atoms with Gasteiger partial charge in [0.25, 0.3) is 0 Å². The molecule has 3 rings (SSSR count). The molecule has 7 heteroatoms. The standard InChI is InChI=1S/C14H17N7/c1-10-4-5-13(6-14(10)21-9-16-18-19-21)15-7-12-8-17-20(3)11(12)2/h4-6,8-9,15H,7H2,1-3H3. The van der Waals surface area contributed by atoms with Crippen LogP contribution in [0.5, 0.6) is 0 Å². The molecule has 0 amide bonds. The van der Waals surface area contributed by atoms with Gasteiger partial charge in [-0.3, -0.25) is 4.68 Å². The maximum Gasteiger partial charge on any atom is 0.143 e. The summed E-state index contributed by atoms with van der Waals surface area (Å²) in [5, 5.41) is 19.0. The third-order valence-corrected chi connectivity index (χ3v) is 3.62. The minimum atomic E-state index is 0.734. The summed E-state index contributed by atoms with van der Waals surface area (Å²) in [4.78, 5) is 0. The van der Waals surface area contributed by atoms with E-state index in [0.29, 0.717) is 0 Å². The first-order valence-electron chi connectivity index (χ1n) is 6.70. The van der Waals surface area contributed by atoms with Gasteiger partial charge in [-0.25, -0.2) is 4.68 Å². The van der Waals surface area contributed by atoms with Crippen LogP contribution >= 0.6 is 0 Å². The molecule has 7 nitrogen and oxygen atoms in total. The number of nitrogens with one attached hydrogen (secondary N) is 1. The van der Waals surface area contributed by atoms with Crippen LogP contribution in [0.3, 0.4) is 0 Å². The Morgan fingerprint density at radius 3 is 2.76 bits per heavy atom. The van der Waals surface area contributed by atoms with Crippen LogP contribution in [-0.4, -0.2) is 30.0 Å². The molecule has 1 N–H and O–H groups in total. The molecular formula is C14H17N7. The molecule has 21 heavy (non-hydrogen) atoms. The van der Waals surface area contributed by atoms with Gasteiger partial charge in [0.2, 0.25) is 0 Å². The molecule has 2 aromatic heterocycles. The molecule has 108 valence electrons. The lowest BCUT2D eigenvalue weighted by atomic mass is 10.1. The summed E-state index contributed by atoms with van der Waals surface area (Å²) >= 11 is 0.